The molecule has 1 nitrogen and oxygen atoms in total. The Kier molecular flexibility index (Phi) is 7.74. The van der Waals surface area contributed by atoms with Crippen molar-refractivity contribution in [3.05, 3.63) is 12.7 Å². The predicted molar refractivity (Wildman–Crippen MR) is 72.5 cm³/mol. The lowest BCUT2D eigenvalue weighted by atomic mass is 9.91. The van der Waals surface area contributed by atoms with Gasteiger partial charge in [0, 0.05) is 0 Å². The molecule has 16 heavy (non-hydrogen) atoms. The zero-order valence-corrected chi connectivity index (χ0v) is 11.6. The standard InChI is InChI=1S/C15H30O/c1-6-13(3)10-11-14(4)9-8-12-15(5,16)7-2/h7,13-14,16H,2,6,8-12H2,1,3-5H3. The summed E-state index contributed by atoms with van der Waals surface area (Å²) in [5.41, 5.74) is -0.670. The van der Waals surface area contributed by atoms with E-state index in [-0.39, 0.29) is 0 Å². The van der Waals surface area contributed by atoms with Crippen molar-refractivity contribution >= 4 is 0 Å². The van der Waals surface area contributed by atoms with Crippen LogP contribution in [0.3, 0.4) is 0 Å². The number of rotatable bonds is 9. The summed E-state index contributed by atoms with van der Waals surface area (Å²) in [6.07, 6.45) is 8.76. The summed E-state index contributed by atoms with van der Waals surface area (Å²) < 4.78 is 0. The van der Waals surface area contributed by atoms with E-state index in [9.17, 15) is 5.11 Å². The molecule has 0 bridgehead atoms. The minimum absolute atomic E-state index is 0.670. The number of hydrogen-bond acceptors (Lipinski definition) is 1. The van der Waals surface area contributed by atoms with Crippen LogP contribution in [0, 0.1) is 11.8 Å². The van der Waals surface area contributed by atoms with Gasteiger partial charge in [-0.15, -0.1) is 6.58 Å². The molecule has 96 valence electrons. The molecule has 0 aromatic carbocycles. The highest BCUT2D eigenvalue weighted by Crippen LogP contribution is 2.22. The van der Waals surface area contributed by atoms with E-state index in [1.54, 1.807) is 6.08 Å². The smallest absolute Gasteiger partial charge is 0.0797 e. The van der Waals surface area contributed by atoms with E-state index in [4.69, 9.17) is 0 Å². The predicted octanol–water partition coefficient (Wildman–Crippen LogP) is 4.56. The van der Waals surface area contributed by atoms with Crippen LogP contribution in [0.15, 0.2) is 12.7 Å². The quantitative estimate of drug-likeness (QED) is 0.572. The van der Waals surface area contributed by atoms with Crippen molar-refractivity contribution in [2.75, 3.05) is 0 Å². The van der Waals surface area contributed by atoms with Crippen molar-refractivity contribution in [3.8, 4) is 0 Å². The van der Waals surface area contributed by atoms with Crippen LogP contribution in [0.2, 0.25) is 0 Å². The Morgan fingerprint density at radius 2 is 1.75 bits per heavy atom. The van der Waals surface area contributed by atoms with Gasteiger partial charge in [0.25, 0.3) is 0 Å². The molecule has 0 heterocycles. The van der Waals surface area contributed by atoms with Crippen LogP contribution in [-0.4, -0.2) is 10.7 Å². The second kappa shape index (κ2) is 7.89. The number of aliphatic hydroxyl groups is 1. The Morgan fingerprint density at radius 1 is 1.19 bits per heavy atom. The fraction of sp³-hybridized carbons (Fsp3) is 0.867. The van der Waals surface area contributed by atoms with E-state index in [0.717, 1.165) is 24.7 Å². The highest BCUT2D eigenvalue weighted by atomic mass is 16.3. The highest BCUT2D eigenvalue weighted by Gasteiger charge is 2.15. The molecule has 0 saturated heterocycles. The summed E-state index contributed by atoms with van der Waals surface area (Å²) in [5, 5.41) is 9.77. The van der Waals surface area contributed by atoms with E-state index >= 15 is 0 Å². The Morgan fingerprint density at radius 3 is 2.25 bits per heavy atom. The first-order valence-corrected chi connectivity index (χ1v) is 6.77. The molecule has 0 spiro atoms. The zero-order valence-electron chi connectivity index (χ0n) is 11.6. The molecule has 0 saturated carbocycles. The van der Waals surface area contributed by atoms with Gasteiger partial charge in [0.1, 0.15) is 0 Å². The first-order valence-electron chi connectivity index (χ1n) is 6.77. The Labute approximate surface area is 102 Å². The third kappa shape index (κ3) is 7.92. The monoisotopic (exact) mass is 226 g/mol. The molecule has 0 amide bonds. The van der Waals surface area contributed by atoms with Gasteiger partial charge in [-0.05, 0) is 25.2 Å². The average molecular weight is 226 g/mol. The lowest BCUT2D eigenvalue weighted by molar-refractivity contribution is 0.0974. The first kappa shape index (κ1) is 15.7. The highest BCUT2D eigenvalue weighted by molar-refractivity contribution is 4.91. The molecule has 1 heteroatoms. The van der Waals surface area contributed by atoms with Crippen molar-refractivity contribution < 1.29 is 5.11 Å². The SMILES string of the molecule is C=CC(C)(O)CCCC(C)CCC(C)CC. The fourth-order valence-electron chi connectivity index (χ4n) is 1.83. The molecular formula is C15H30O. The Bertz CT molecular complexity index is 184. The second-order valence-electron chi connectivity index (χ2n) is 5.65. The summed E-state index contributed by atoms with van der Waals surface area (Å²) in [5.74, 6) is 1.65. The third-order valence-corrected chi connectivity index (χ3v) is 3.67. The molecule has 0 aliphatic heterocycles. The average Bonchev–Trinajstić information content (AvgIpc) is 2.25. The summed E-state index contributed by atoms with van der Waals surface area (Å²) in [6, 6.07) is 0. The lowest BCUT2D eigenvalue weighted by Gasteiger charge is -2.20. The molecule has 0 aliphatic rings. The lowest BCUT2D eigenvalue weighted by Crippen LogP contribution is -2.20. The van der Waals surface area contributed by atoms with Gasteiger partial charge in [-0.1, -0.05) is 59.0 Å². The van der Waals surface area contributed by atoms with Gasteiger partial charge in [-0.25, -0.2) is 0 Å². The molecule has 0 aromatic heterocycles. The topological polar surface area (TPSA) is 20.2 Å². The Hall–Kier alpha value is -0.300. The maximum absolute atomic E-state index is 9.77. The van der Waals surface area contributed by atoms with Crippen molar-refractivity contribution in [2.24, 2.45) is 11.8 Å². The summed E-state index contributed by atoms with van der Waals surface area (Å²) in [7, 11) is 0. The van der Waals surface area contributed by atoms with Crippen LogP contribution < -0.4 is 0 Å². The van der Waals surface area contributed by atoms with Gasteiger partial charge in [-0.3, -0.25) is 0 Å². The van der Waals surface area contributed by atoms with Crippen molar-refractivity contribution in [2.45, 2.75) is 71.8 Å². The van der Waals surface area contributed by atoms with E-state index in [1.807, 2.05) is 6.92 Å². The molecule has 0 aliphatic carbocycles. The van der Waals surface area contributed by atoms with Gasteiger partial charge in [0.15, 0.2) is 0 Å². The normalized spacial score (nSPS) is 18.8. The van der Waals surface area contributed by atoms with E-state index in [0.29, 0.717) is 0 Å². The van der Waals surface area contributed by atoms with Crippen LogP contribution in [0.1, 0.15) is 66.2 Å². The van der Waals surface area contributed by atoms with E-state index in [1.165, 1.54) is 25.7 Å². The minimum Gasteiger partial charge on any atom is -0.386 e. The molecule has 0 fully saturated rings. The molecule has 0 radical (unpaired) electrons. The van der Waals surface area contributed by atoms with Gasteiger partial charge in [-0.2, -0.15) is 0 Å². The molecule has 3 atom stereocenters. The summed E-state index contributed by atoms with van der Waals surface area (Å²) in [4.78, 5) is 0. The van der Waals surface area contributed by atoms with E-state index in [2.05, 4.69) is 27.4 Å². The Balaban J connectivity index is 3.58. The third-order valence-electron chi connectivity index (χ3n) is 3.67. The largest absolute Gasteiger partial charge is 0.386 e. The maximum atomic E-state index is 9.77. The summed E-state index contributed by atoms with van der Waals surface area (Å²) in [6.45, 7) is 12.4. The molecule has 3 unspecified atom stereocenters. The minimum atomic E-state index is -0.670. The van der Waals surface area contributed by atoms with Gasteiger partial charge < -0.3 is 5.11 Å². The van der Waals surface area contributed by atoms with E-state index < -0.39 is 5.60 Å². The molecule has 0 rings (SSSR count). The summed E-state index contributed by atoms with van der Waals surface area (Å²) >= 11 is 0. The molecule has 1 N–H and O–H groups in total. The van der Waals surface area contributed by atoms with Crippen LogP contribution in [-0.2, 0) is 0 Å². The fourth-order valence-corrected chi connectivity index (χ4v) is 1.83. The van der Waals surface area contributed by atoms with Crippen LogP contribution >= 0.6 is 0 Å². The second-order valence-corrected chi connectivity index (χ2v) is 5.65. The molecular weight excluding hydrogens is 196 g/mol. The number of hydrogen-bond donors (Lipinski definition) is 1. The van der Waals surface area contributed by atoms with Gasteiger partial charge in [0.05, 0.1) is 5.60 Å². The van der Waals surface area contributed by atoms with Gasteiger partial charge in [0.2, 0.25) is 0 Å². The van der Waals surface area contributed by atoms with Crippen molar-refractivity contribution in [1.82, 2.24) is 0 Å². The van der Waals surface area contributed by atoms with Crippen LogP contribution in [0.5, 0.6) is 0 Å². The maximum Gasteiger partial charge on any atom is 0.0797 e. The molecule has 0 aromatic rings. The first-order chi connectivity index (χ1) is 7.41. The zero-order chi connectivity index (χ0) is 12.6. The van der Waals surface area contributed by atoms with Crippen LogP contribution in [0.25, 0.3) is 0 Å². The van der Waals surface area contributed by atoms with Crippen LogP contribution in [0.4, 0.5) is 0 Å². The van der Waals surface area contributed by atoms with Crippen molar-refractivity contribution in [3.63, 3.8) is 0 Å². The van der Waals surface area contributed by atoms with Crippen molar-refractivity contribution in [1.29, 1.82) is 0 Å². The van der Waals surface area contributed by atoms with Gasteiger partial charge >= 0.3 is 0 Å².